The zero-order chi connectivity index (χ0) is 57.1. The van der Waals surface area contributed by atoms with E-state index in [0.29, 0.717) is 19.3 Å². The van der Waals surface area contributed by atoms with Crippen molar-refractivity contribution in [2.24, 2.45) is 0 Å². The molecule has 0 N–H and O–H groups in total. The third-order valence-electron chi connectivity index (χ3n) is 14.6. The number of hydrogen-bond donors (Lipinski definition) is 0. The Balaban J connectivity index is 4.22. The molecule has 0 spiro atoms. The highest BCUT2D eigenvalue weighted by Crippen LogP contribution is 2.17. The number of ether oxygens (including phenoxy) is 3. The molecule has 1 unspecified atom stereocenters. The Morgan fingerprint density at radius 1 is 0.266 bits per heavy atom. The van der Waals surface area contributed by atoms with Crippen molar-refractivity contribution in [1.82, 2.24) is 0 Å². The maximum absolute atomic E-state index is 12.9. The fourth-order valence-electron chi connectivity index (χ4n) is 9.58. The van der Waals surface area contributed by atoms with Gasteiger partial charge in [0.05, 0.1) is 0 Å². The molecule has 0 saturated heterocycles. The molecule has 0 aromatic carbocycles. The Morgan fingerprint density at radius 2 is 0.494 bits per heavy atom. The first-order chi connectivity index (χ1) is 39.0. The van der Waals surface area contributed by atoms with Crippen LogP contribution in [0.5, 0.6) is 0 Å². The highest BCUT2D eigenvalue weighted by molar-refractivity contribution is 5.71. The van der Waals surface area contributed by atoms with Crippen LogP contribution in [0.25, 0.3) is 0 Å². The first-order valence-electron chi connectivity index (χ1n) is 33.7. The minimum Gasteiger partial charge on any atom is -0.462 e. The maximum atomic E-state index is 12.9. The van der Waals surface area contributed by atoms with Gasteiger partial charge in [0.15, 0.2) is 6.10 Å². The summed E-state index contributed by atoms with van der Waals surface area (Å²) >= 11 is 0. The summed E-state index contributed by atoms with van der Waals surface area (Å²) in [7, 11) is 0. The standard InChI is InChI=1S/C73H126O6/c1-4-7-10-13-16-19-21-23-25-27-29-31-33-35-37-39-40-42-44-46-48-50-52-54-57-60-63-66-72(75)78-69-70(68-77-71(74)65-62-59-56-18-15-12-9-6-3)79-73(76)67-64-61-58-55-53-51-49-47-45-43-41-38-36-34-32-30-28-26-24-22-20-17-14-11-8-5-2/h7,10,16,19,23,25,29,31,35,37,40,42,46,48,52,54,70H,4-6,8-9,11-15,17-18,20-22,24,26-28,30,32-34,36,38-39,41,43-45,47,49-51,53,55-69H2,1-3H3/b10-7-,19-16-,25-23-,31-29-,37-35-,42-40-,48-46-,54-52-. The van der Waals surface area contributed by atoms with Gasteiger partial charge in [-0.05, 0) is 83.5 Å². The predicted molar refractivity (Wildman–Crippen MR) is 344 cm³/mol. The molecule has 0 bridgehead atoms. The molecule has 79 heavy (non-hydrogen) atoms. The van der Waals surface area contributed by atoms with Crippen molar-refractivity contribution in [1.29, 1.82) is 0 Å². The number of unbranched alkanes of at least 4 members (excludes halogenated alkanes) is 34. The molecular weight excluding hydrogens is 973 g/mol. The number of rotatable bonds is 61. The van der Waals surface area contributed by atoms with Gasteiger partial charge in [-0.1, -0.05) is 323 Å². The van der Waals surface area contributed by atoms with Crippen molar-refractivity contribution in [2.75, 3.05) is 13.2 Å². The highest BCUT2D eigenvalue weighted by Gasteiger charge is 2.19. The first-order valence-corrected chi connectivity index (χ1v) is 33.7. The molecule has 0 aromatic heterocycles. The molecule has 454 valence electrons. The fourth-order valence-corrected chi connectivity index (χ4v) is 9.58. The SMILES string of the molecule is CC/C=C\C/C=C\C/C=C\C/C=C\C/C=C\C/C=C\C/C=C\C/C=C\CCCCC(=O)OCC(COC(=O)CCCCCCCCCC)OC(=O)CCCCCCCCCCCCCCCCCCCCCCCCCCCC. The lowest BCUT2D eigenvalue weighted by Gasteiger charge is -2.18. The van der Waals surface area contributed by atoms with Crippen molar-refractivity contribution < 1.29 is 28.6 Å². The molecule has 0 amide bonds. The fraction of sp³-hybridized carbons (Fsp3) is 0.740. The molecule has 1 atom stereocenters. The van der Waals surface area contributed by atoms with E-state index in [9.17, 15) is 14.4 Å². The monoisotopic (exact) mass is 1100 g/mol. The van der Waals surface area contributed by atoms with Crippen LogP contribution in [0.4, 0.5) is 0 Å². The van der Waals surface area contributed by atoms with Crippen LogP contribution >= 0.6 is 0 Å². The van der Waals surface area contributed by atoms with Gasteiger partial charge in [0, 0.05) is 19.3 Å². The predicted octanol–water partition coefficient (Wildman–Crippen LogP) is 23.2. The number of carbonyl (C=O) groups excluding carboxylic acids is 3. The summed E-state index contributed by atoms with van der Waals surface area (Å²) in [4.78, 5) is 38.2. The van der Waals surface area contributed by atoms with E-state index in [1.807, 2.05) is 0 Å². The number of esters is 3. The van der Waals surface area contributed by atoms with Crippen molar-refractivity contribution in [2.45, 2.75) is 335 Å². The van der Waals surface area contributed by atoms with E-state index in [-0.39, 0.29) is 31.1 Å². The first kappa shape index (κ1) is 75.3. The van der Waals surface area contributed by atoms with Crippen LogP contribution in [0.2, 0.25) is 0 Å². The molecule has 0 rings (SSSR count). The highest BCUT2D eigenvalue weighted by atomic mass is 16.6. The normalized spacial score (nSPS) is 12.7. The van der Waals surface area contributed by atoms with E-state index >= 15 is 0 Å². The Labute approximate surface area is 489 Å². The molecule has 0 aliphatic heterocycles. The molecular formula is C73H126O6. The summed E-state index contributed by atoms with van der Waals surface area (Å²) in [5.41, 5.74) is 0. The van der Waals surface area contributed by atoms with Crippen LogP contribution in [0.15, 0.2) is 97.2 Å². The lowest BCUT2D eigenvalue weighted by Crippen LogP contribution is -2.30. The quantitative estimate of drug-likeness (QED) is 0.0261. The van der Waals surface area contributed by atoms with Crippen LogP contribution in [0, 0.1) is 0 Å². The van der Waals surface area contributed by atoms with Crippen molar-refractivity contribution in [3.8, 4) is 0 Å². The summed E-state index contributed by atoms with van der Waals surface area (Å²) in [6.07, 6.45) is 90.2. The second-order valence-electron chi connectivity index (χ2n) is 22.4. The molecule has 0 saturated carbocycles. The zero-order valence-electron chi connectivity index (χ0n) is 52.1. The Hall–Kier alpha value is -3.67. The lowest BCUT2D eigenvalue weighted by molar-refractivity contribution is -0.167. The maximum Gasteiger partial charge on any atom is 0.306 e. The number of hydrogen-bond acceptors (Lipinski definition) is 6. The summed E-state index contributed by atoms with van der Waals surface area (Å²) < 4.78 is 16.8. The summed E-state index contributed by atoms with van der Waals surface area (Å²) in [5, 5.41) is 0. The average molecular weight is 1100 g/mol. The summed E-state index contributed by atoms with van der Waals surface area (Å²) in [6, 6.07) is 0. The van der Waals surface area contributed by atoms with E-state index < -0.39 is 6.10 Å². The number of carbonyl (C=O) groups is 3. The molecule has 6 nitrogen and oxygen atoms in total. The van der Waals surface area contributed by atoms with Crippen molar-refractivity contribution in [3.05, 3.63) is 97.2 Å². The van der Waals surface area contributed by atoms with E-state index in [0.717, 1.165) is 109 Å². The minimum absolute atomic E-state index is 0.0883. The minimum atomic E-state index is -0.793. The third kappa shape index (κ3) is 65.0. The van der Waals surface area contributed by atoms with Crippen LogP contribution in [0.1, 0.15) is 329 Å². The second kappa shape index (κ2) is 66.8. The van der Waals surface area contributed by atoms with Gasteiger partial charge in [-0.3, -0.25) is 14.4 Å². The average Bonchev–Trinajstić information content (AvgIpc) is 3.45. The smallest absolute Gasteiger partial charge is 0.306 e. The molecule has 0 radical (unpaired) electrons. The Morgan fingerprint density at radius 3 is 0.772 bits per heavy atom. The number of allylic oxidation sites excluding steroid dienone is 16. The van der Waals surface area contributed by atoms with Crippen molar-refractivity contribution in [3.63, 3.8) is 0 Å². The van der Waals surface area contributed by atoms with Gasteiger partial charge in [0.25, 0.3) is 0 Å². The van der Waals surface area contributed by atoms with Gasteiger partial charge < -0.3 is 14.2 Å². The summed E-state index contributed by atoms with van der Waals surface area (Å²) in [6.45, 7) is 6.50. The van der Waals surface area contributed by atoms with E-state index in [1.165, 1.54) is 180 Å². The van der Waals surface area contributed by atoms with Crippen LogP contribution in [0.3, 0.4) is 0 Å². The lowest BCUT2D eigenvalue weighted by atomic mass is 10.0. The Bertz CT molecular complexity index is 1540. The van der Waals surface area contributed by atoms with E-state index in [2.05, 4.69) is 118 Å². The van der Waals surface area contributed by atoms with Gasteiger partial charge in [-0.2, -0.15) is 0 Å². The van der Waals surface area contributed by atoms with E-state index in [1.54, 1.807) is 0 Å². The van der Waals surface area contributed by atoms with Gasteiger partial charge in [-0.15, -0.1) is 0 Å². The zero-order valence-corrected chi connectivity index (χ0v) is 52.1. The second-order valence-corrected chi connectivity index (χ2v) is 22.4. The summed E-state index contributed by atoms with van der Waals surface area (Å²) in [5.74, 6) is -0.926. The molecule has 0 heterocycles. The van der Waals surface area contributed by atoms with E-state index in [4.69, 9.17) is 14.2 Å². The van der Waals surface area contributed by atoms with Crippen LogP contribution in [-0.2, 0) is 28.6 Å². The third-order valence-corrected chi connectivity index (χ3v) is 14.6. The van der Waals surface area contributed by atoms with Crippen molar-refractivity contribution >= 4 is 17.9 Å². The molecule has 0 fully saturated rings. The van der Waals surface area contributed by atoms with Gasteiger partial charge in [0.2, 0.25) is 0 Å². The van der Waals surface area contributed by atoms with Gasteiger partial charge >= 0.3 is 17.9 Å². The van der Waals surface area contributed by atoms with Gasteiger partial charge in [-0.25, -0.2) is 0 Å². The Kier molecular flexibility index (Phi) is 63.7. The molecule has 0 aliphatic rings. The largest absolute Gasteiger partial charge is 0.462 e. The molecule has 0 aromatic rings. The molecule has 0 aliphatic carbocycles. The van der Waals surface area contributed by atoms with Crippen LogP contribution < -0.4 is 0 Å². The van der Waals surface area contributed by atoms with Gasteiger partial charge in [0.1, 0.15) is 13.2 Å². The van der Waals surface area contributed by atoms with Crippen LogP contribution in [-0.4, -0.2) is 37.2 Å². The molecule has 6 heteroatoms. The topological polar surface area (TPSA) is 78.9 Å².